The predicted octanol–water partition coefficient (Wildman–Crippen LogP) is 6.66. The lowest BCUT2D eigenvalue weighted by atomic mass is 9.50. The lowest BCUT2D eigenvalue weighted by Gasteiger charge is -2.62. The molecule has 4 N–H and O–H groups in total. The van der Waals surface area contributed by atoms with E-state index >= 15 is 0 Å². The summed E-state index contributed by atoms with van der Waals surface area (Å²) < 4.78 is 0. The van der Waals surface area contributed by atoms with Crippen LogP contribution < -0.4 is 21.3 Å². The lowest BCUT2D eigenvalue weighted by molar-refractivity contribution is -0.140. The molecular formula is C36H68N4O4. The molecule has 5 aliphatic carbocycles. The molecule has 0 aromatic rings. The summed E-state index contributed by atoms with van der Waals surface area (Å²) in [5.74, 6) is 1.60. The minimum Gasteiger partial charge on any atom is -0.353 e. The van der Waals surface area contributed by atoms with E-state index in [-0.39, 0.29) is 56.4 Å². The third-order valence-corrected chi connectivity index (χ3v) is 7.98. The molecule has 0 unspecified atom stereocenters. The average Bonchev–Trinajstić information content (AvgIpc) is 3.53. The van der Waals surface area contributed by atoms with Crippen molar-refractivity contribution in [3.05, 3.63) is 0 Å². The van der Waals surface area contributed by atoms with Crippen LogP contribution in [0.3, 0.4) is 0 Å². The fourth-order valence-corrected chi connectivity index (χ4v) is 4.17. The number of nitrogens with one attached hydrogen (secondary N) is 4. The molecule has 5 rings (SSSR count). The van der Waals surface area contributed by atoms with Gasteiger partial charge in [-0.2, -0.15) is 0 Å². The first-order valence-corrected chi connectivity index (χ1v) is 16.8. The Bertz CT molecular complexity index is 975. The standard InChI is InChI=1S/C10H17NO.C9H17NO.C9H19NO.C8H15NO/c1-9(2,3)8(12)11-10-4-7(5-10)6-10;1-9(2,3)8(11)10-7-5-4-6-7;1-8(2,3)7(11)10-9(4,5)6;1-8(2,3)7(10)9-6-4-5-6/h7H,4-6H2,1-3H3,(H,11,12);7H,4-6H2,1-3H3,(H,10,11);1-6H3,(H,10,11);6H,4-5H2,1-3H3,(H,9,10). The van der Waals surface area contributed by atoms with Gasteiger partial charge < -0.3 is 21.3 Å². The van der Waals surface area contributed by atoms with Gasteiger partial charge in [0.2, 0.25) is 23.6 Å². The van der Waals surface area contributed by atoms with Crippen LogP contribution in [0.2, 0.25) is 0 Å². The van der Waals surface area contributed by atoms with Crippen molar-refractivity contribution in [3.63, 3.8) is 0 Å². The van der Waals surface area contributed by atoms with E-state index in [1.807, 2.05) is 104 Å². The molecule has 8 nitrogen and oxygen atoms in total. The van der Waals surface area contributed by atoms with Gasteiger partial charge in [-0.25, -0.2) is 0 Å². The second kappa shape index (κ2) is 14.5. The Kier molecular flexibility index (Phi) is 13.2. The van der Waals surface area contributed by atoms with Crippen molar-refractivity contribution in [1.82, 2.24) is 21.3 Å². The average molecular weight is 621 g/mol. The van der Waals surface area contributed by atoms with Crippen LogP contribution in [0.5, 0.6) is 0 Å². The molecule has 4 amide bonds. The molecule has 0 atom stereocenters. The van der Waals surface area contributed by atoms with Crippen molar-refractivity contribution in [1.29, 1.82) is 0 Å². The van der Waals surface area contributed by atoms with Crippen LogP contribution in [0.15, 0.2) is 0 Å². The lowest BCUT2D eigenvalue weighted by Crippen LogP contribution is -2.69. The van der Waals surface area contributed by atoms with E-state index in [4.69, 9.17) is 0 Å². The summed E-state index contributed by atoms with van der Waals surface area (Å²) in [6.07, 6.45) is 9.64. The zero-order valence-electron chi connectivity index (χ0n) is 31.0. The van der Waals surface area contributed by atoms with Crippen molar-refractivity contribution in [2.45, 2.75) is 178 Å². The third-order valence-electron chi connectivity index (χ3n) is 7.98. The number of amides is 4. The molecule has 0 radical (unpaired) electrons. The molecule has 0 aromatic heterocycles. The van der Waals surface area contributed by atoms with E-state index in [1.165, 1.54) is 51.4 Å². The Labute approximate surface area is 269 Å². The summed E-state index contributed by atoms with van der Waals surface area (Å²) >= 11 is 0. The monoisotopic (exact) mass is 621 g/mol. The number of hydrogen-bond donors (Lipinski definition) is 4. The van der Waals surface area contributed by atoms with Crippen LogP contribution in [0.1, 0.15) is 155 Å². The zero-order valence-corrected chi connectivity index (χ0v) is 31.0. The summed E-state index contributed by atoms with van der Waals surface area (Å²) in [5, 5.41) is 12.1. The number of carbonyl (C=O) groups excluding carboxylic acids is 4. The van der Waals surface area contributed by atoms with Crippen LogP contribution >= 0.6 is 0 Å². The quantitative estimate of drug-likeness (QED) is 0.282. The van der Waals surface area contributed by atoms with Gasteiger partial charge >= 0.3 is 0 Å². The number of hydrogen-bond acceptors (Lipinski definition) is 4. The Morgan fingerprint density at radius 1 is 0.500 bits per heavy atom. The summed E-state index contributed by atoms with van der Waals surface area (Å²) in [6, 6.07) is 0.966. The highest BCUT2D eigenvalue weighted by Crippen LogP contribution is 2.57. The first-order valence-electron chi connectivity index (χ1n) is 16.8. The predicted molar refractivity (Wildman–Crippen MR) is 181 cm³/mol. The SMILES string of the molecule is CC(C)(C)C(=O)NC12CC(C1)C2.CC(C)(C)C(=O)NC1CC1.CC(C)(C)C(=O)NC1CCC1.CC(C)(C)NC(=O)C(C)(C)C. The topological polar surface area (TPSA) is 116 Å². The summed E-state index contributed by atoms with van der Waals surface area (Å²) in [7, 11) is 0. The number of rotatable bonds is 3. The molecule has 44 heavy (non-hydrogen) atoms. The van der Waals surface area contributed by atoms with Crippen molar-refractivity contribution < 1.29 is 19.2 Å². The molecule has 0 saturated heterocycles. The smallest absolute Gasteiger partial charge is 0.225 e. The molecule has 0 aliphatic heterocycles. The second-order valence-electron chi connectivity index (χ2n) is 18.8. The van der Waals surface area contributed by atoms with Gasteiger partial charge in [-0.15, -0.1) is 0 Å². The fraction of sp³-hybridized carbons (Fsp3) is 0.889. The van der Waals surface area contributed by atoms with E-state index in [9.17, 15) is 19.2 Å². The van der Waals surface area contributed by atoms with Crippen molar-refractivity contribution in [2.24, 2.45) is 27.6 Å². The second-order valence-corrected chi connectivity index (χ2v) is 18.8. The zero-order chi connectivity index (χ0) is 34.5. The van der Waals surface area contributed by atoms with E-state index in [2.05, 4.69) is 21.3 Å². The molecule has 256 valence electrons. The summed E-state index contributed by atoms with van der Waals surface area (Å²) in [4.78, 5) is 45.5. The summed E-state index contributed by atoms with van der Waals surface area (Å²) in [5.41, 5.74) is -0.833. The molecular weight excluding hydrogens is 552 g/mol. The summed E-state index contributed by atoms with van der Waals surface area (Å²) in [6.45, 7) is 29.2. The Morgan fingerprint density at radius 2 is 0.841 bits per heavy atom. The third kappa shape index (κ3) is 14.8. The Hall–Kier alpha value is -2.12. The van der Waals surface area contributed by atoms with Gasteiger partial charge in [-0.3, -0.25) is 19.2 Å². The molecule has 5 aliphatic rings. The van der Waals surface area contributed by atoms with Crippen LogP contribution in [0.4, 0.5) is 0 Å². The van der Waals surface area contributed by atoms with Crippen LogP contribution in [-0.4, -0.2) is 46.8 Å². The largest absolute Gasteiger partial charge is 0.353 e. The van der Waals surface area contributed by atoms with Crippen LogP contribution in [0.25, 0.3) is 0 Å². The van der Waals surface area contributed by atoms with Gasteiger partial charge in [-0.05, 0) is 78.1 Å². The first kappa shape index (κ1) is 39.9. The van der Waals surface area contributed by atoms with Crippen molar-refractivity contribution >= 4 is 23.6 Å². The highest BCUT2D eigenvalue weighted by Gasteiger charge is 2.57. The highest BCUT2D eigenvalue weighted by molar-refractivity contribution is 5.83. The van der Waals surface area contributed by atoms with E-state index in [1.54, 1.807) is 0 Å². The highest BCUT2D eigenvalue weighted by atomic mass is 16.2. The van der Waals surface area contributed by atoms with Crippen LogP contribution in [0, 0.1) is 27.6 Å². The normalized spacial score (nSPS) is 22.7. The van der Waals surface area contributed by atoms with Crippen LogP contribution in [-0.2, 0) is 19.2 Å². The molecule has 5 saturated carbocycles. The Morgan fingerprint density at radius 3 is 1.02 bits per heavy atom. The van der Waals surface area contributed by atoms with Gasteiger partial charge in [0.15, 0.2) is 0 Å². The molecule has 5 fully saturated rings. The number of carbonyl (C=O) groups is 4. The molecule has 8 heteroatoms. The van der Waals surface area contributed by atoms with Crippen molar-refractivity contribution in [2.75, 3.05) is 0 Å². The van der Waals surface area contributed by atoms with E-state index < -0.39 is 0 Å². The minimum atomic E-state index is -0.284. The van der Waals surface area contributed by atoms with Gasteiger partial charge in [0.05, 0.1) is 0 Å². The van der Waals surface area contributed by atoms with Gasteiger partial charge in [0.25, 0.3) is 0 Å². The molecule has 0 aromatic carbocycles. The maximum absolute atomic E-state index is 11.6. The van der Waals surface area contributed by atoms with Gasteiger partial charge in [0, 0.05) is 44.8 Å². The van der Waals surface area contributed by atoms with Crippen molar-refractivity contribution in [3.8, 4) is 0 Å². The van der Waals surface area contributed by atoms with Gasteiger partial charge in [0.1, 0.15) is 0 Å². The van der Waals surface area contributed by atoms with Gasteiger partial charge in [-0.1, -0.05) is 83.1 Å². The fourth-order valence-electron chi connectivity index (χ4n) is 4.17. The molecule has 2 bridgehead atoms. The van der Waals surface area contributed by atoms with E-state index in [0.29, 0.717) is 12.1 Å². The first-order chi connectivity index (χ1) is 19.5. The maximum atomic E-state index is 11.6. The molecule has 0 heterocycles. The van der Waals surface area contributed by atoms with E-state index in [0.717, 1.165) is 5.92 Å². The maximum Gasteiger partial charge on any atom is 0.225 e. The molecule has 0 spiro atoms. The minimum absolute atomic E-state index is 0.102. The Balaban J connectivity index is 0.000000294.